The van der Waals surface area contributed by atoms with E-state index in [1.807, 2.05) is 6.92 Å². The maximum absolute atomic E-state index is 12.1. The van der Waals surface area contributed by atoms with Crippen LogP contribution in [0.1, 0.15) is 40.5 Å². The summed E-state index contributed by atoms with van der Waals surface area (Å²) in [5, 5.41) is 0. The van der Waals surface area contributed by atoms with Gasteiger partial charge in [0.15, 0.2) is 0 Å². The van der Waals surface area contributed by atoms with Gasteiger partial charge in [-0.3, -0.25) is 9.59 Å². The molecule has 0 aromatic heterocycles. The van der Waals surface area contributed by atoms with E-state index in [0.717, 1.165) is 6.42 Å². The number of hydrogen-bond acceptors (Lipinski definition) is 5. The summed E-state index contributed by atoms with van der Waals surface area (Å²) in [6.45, 7) is 7.26. The summed E-state index contributed by atoms with van der Waals surface area (Å²) in [4.78, 5) is 24.1. The number of ether oxygens (including phenoxy) is 3. The normalized spacial score (nSPS) is 44.1. The Morgan fingerprint density at radius 2 is 2.11 bits per heavy atom. The molecule has 0 aromatic carbocycles. The van der Waals surface area contributed by atoms with E-state index in [1.54, 1.807) is 20.8 Å². The fourth-order valence-electron chi connectivity index (χ4n) is 3.42. The molecule has 1 unspecified atom stereocenters. The van der Waals surface area contributed by atoms with Crippen LogP contribution in [0.25, 0.3) is 0 Å². The monoisotopic (exact) mass is 268 g/mol. The molecule has 2 bridgehead atoms. The summed E-state index contributed by atoms with van der Waals surface area (Å²) < 4.78 is 16.8. The van der Waals surface area contributed by atoms with Crippen LogP contribution in [-0.2, 0) is 23.8 Å². The Hall–Kier alpha value is -1.10. The third-order valence-electron chi connectivity index (χ3n) is 4.39. The van der Waals surface area contributed by atoms with Crippen molar-refractivity contribution >= 4 is 11.9 Å². The van der Waals surface area contributed by atoms with E-state index in [4.69, 9.17) is 14.2 Å². The molecule has 3 saturated heterocycles. The lowest BCUT2D eigenvalue weighted by Crippen LogP contribution is -2.46. The molecule has 3 fully saturated rings. The van der Waals surface area contributed by atoms with Gasteiger partial charge in [-0.2, -0.15) is 0 Å². The summed E-state index contributed by atoms with van der Waals surface area (Å²) in [5.41, 5.74) is -0.609. The minimum atomic E-state index is -1.08. The van der Waals surface area contributed by atoms with Crippen molar-refractivity contribution in [2.24, 2.45) is 17.3 Å². The second-order valence-electron chi connectivity index (χ2n) is 6.84. The Kier molecular flexibility index (Phi) is 2.53. The van der Waals surface area contributed by atoms with Crippen molar-refractivity contribution in [3.05, 3.63) is 0 Å². The molecule has 0 N–H and O–H groups in total. The van der Waals surface area contributed by atoms with Crippen molar-refractivity contribution in [2.45, 2.75) is 58.5 Å². The lowest BCUT2D eigenvalue weighted by atomic mass is 9.76. The maximum Gasteiger partial charge on any atom is 0.316 e. The first kappa shape index (κ1) is 12.9. The third-order valence-corrected chi connectivity index (χ3v) is 4.39. The van der Waals surface area contributed by atoms with Crippen LogP contribution >= 0.6 is 0 Å². The number of hydrogen-bond donors (Lipinski definition) is 0. The van der Waals surface area contributed by atoms with Crippen molar-refractivity contribution in [1.29, 1.82) is 0 Å². The predicted molar refractivity (Wildman–Crippen MR) is 64.9 cm³/mol. The fraction of sp³-hybridized carbons (Fsp3) is 0.857. The number of carbonyl (C=O) groups is 2. The molecular weight excluding hydrogens is 248 g/mol. The molecule has 0 aromatic rings. The molecular formula is C14H20O5. The highest BCUT2D eigenvalue weighted by molar-refractivity contribution is 5.80. The molecule has 106 valence electrons. The van der Waals surface area contributed by atoms with Gasteiger partial charge in [0.2, 0.25) is 5.79 Å². The van der Waals surface area contributed by atoms with Crippen molar-refractivity contribution in [1.82, 2.24) is 0 Å². The highest BCUT2D eigenvalue weighted by Gasteiger charge is 2.70. The highest BCUT2D eigenvalue weighted by atomic mass is 16.7. The zero-order valence-corrected chi connectivity index (χ0v) is 11.8. The molecule has 5 heteroatoms. The second kappa shape index (κ2) is 3.72. The van der Waals surface area contributed by atoms with Gasteiger partial charge >= 0.3 is 11.9 Å². The van der Waals surface area contributed by atoms with Gasteiger partial charge < -0.3 is 14.2 Å². The first-order valence-electron chi connectivity index (χ1n) is 6.86. The number of cyclic esters (lactones) is 1. The molecule has 0 radical (unpaired) electrons. The summed E-state index contributed by atoms with van der Waals surface area (Å²) in [7, 11) is 0. The highest BCUT2D eigenvalue weighted by Crippen LogP contribution is 2.57. The van der Waals surface area contributed by atoms with Gasteiger partial charge in [0, 0.05) is 12.3 Å². The van der Waals surface area contributed by atoms with Crippen molar-refractivity contribution < 1.29 is 23.8 Å². The minimum absolute atomic E-state index is 0.0222. The largest absolute Gasteiger partial charge is 0.462 e. The zero-order valence-electron chi connectivity index (χ0n) is 11.8. The molecule has 5 nitrogen and oxygen atoms in total. The van der Waals surface area contributed by atoms with E-state index < -0.39 is 17.1 Å². The Morgan fingerprint density at radius 3 is 2.74 bits per heavy atom. The summed E-state index contributed by atoms with van der Waals surface area (Å²) in [6.07, 6.45) is 1.22. The zero-order chi connectivity index (χ0) is 14.0. The van der Waals surface area contributed by atoms with Gasteiger partial charge in [0.25, 0.3) is 0 Å². The van der Waals surface area contributed by atoms with E-state index in [2.05, 4.69) is 0 Å². The van der Waals surface area contributed by atoms with E-state index in [-0.39, 0.29) is 30.1 Å². The van der Waals surface area contributed by atoms with Crippen LogP contribution in [0.4, 0.5) is 0 Å². The first-order chi connectivity index (χ1) is 8.74. The van der Waals surface area contributed by atoms with Crippen LogP contribution in [0.2, 0.25) is 0 Å². The van der Waals surface area contributed by atoms with Gasteiger partial charge in [-0.1, -0.05) is 0 Å². The van der Waals surface area contributed by atoms with Crippen molar-refractivity contribution in [3.8, 4) is 0 Å². The van der Waals surface area contributed by atoms with E-state index in [0.29, 0.717) is 6.42 Å². The molecule has 3 rings (SSSR count). The number of fused-ring (bicyclic) bond motifs is 5. The van der Waals surface area contributed by atoms with Gasteiger partial charge in [0.1, 0.15) is 12.0 Å². The van der Waals surface area contributed by atoms with E-state index >= 15 is 0 Å². The molecule has 0 saturated carbocycles. The third kappa shape index (κ3) is 1.71. The maximum atomic E-state index is 12.1. The average molecular weight is 268 g/mol. The van der Waals surface area contributed by atoms with Crippen LogP contribution in [0.15, 0.2) is 0 Å². The summed E-state index contributed by atoms with van der Waals surface area (Å²) >= 11 is 0. The minimum Gasteiger partial charge on any atom is -0.462 e. The van der Waals surface area contributed by atoms with Gasteiger partial charge in [-0.15, -0.1) is 0 Å². The van der Waals surface area contributed by atoms with Gasteiger partial charge in [-0.05, 0) is 34.1 Å². The Balaban J connectivity index is 1.88. The van der Waals surface area contributed by atoms with Crippen LogP contribution in [0, 0.1) is 17.3 Å². The molecule has 0 aliphatic carbocycles. The van der Waals surface area contributed by atoms with Gasteiger partial charge in [0.05, 0.1) is 11.5 Å². The van der Waals surface area contributed by atoms with Crippen LogP contribution in [0.5, 0.6) is 0 Å². The number of rotatable bonds is 1. The topological polar surface area (TPSA) is 61.8 Å². The Labute approximate surface area is 112 Å². The molecule has 3 heterocycles. The molecule has 3 aliphatic heterocycles. The second-order valence-corrected chi connectivity index (χ2v) is 6.84. The molecule has 3 aliphatic rings. The molecule has 5 atom stereocenters. The Bertz CT molecular complexity index is 438. The van der Waals surface area contributed by atoms with Crippen LogP contribution in [-0.4, -0.2) is 29.9 Å². The standard InChI is InChI=1S/C14H20O5/c1-7-9-8-5-6-14(18-8,10(9)11(15)17-7)19-12(16)13(2,3)4/h7-10H,5-6H2,1-4H3/t7?,8-,9-,10+,14-/m1/s1. The molecule has 0 amide bonds. The van der Waals surface area contributed by atoms with E-state index in [1.165, 1.54) is 0 Å². The van der Waals surface area contributed by atoms with Crippen molar-refractivity contribution in [3.63, 3.8) is 0 Å². The lowest BCUT2D eigenvalue weighted by molar-refractivity contribution is -0.228. The molecule has 0 spiro atoms. The smallest absolute Gasteiger partial charge is 0.316 e. The summed E-state index contributed by atoms with van der Waals surface area (Å²) in [6, 6.07) is 0. The van der Waals surface area contributed by atoms with Crippen LogP contribution < -0.4 is 0 Å². The summed E-state index contributed by atoms with van der Waals surface area (Å²) in [5.74, 6) is -2.13. The Morgan fingerprint density at radius 1 is 1.42 bits per heavy atom. The van der Waals surface area contributed by atoms with E-state index in [9.17, 15) is 9.59 Å². The average Bonchev–Trinajstić information content (AvgIpc) is 2.89. The lowest BCUT2D eigenvalue weighted by Gasteiger charge is -2.32. The molecule has 19 heavy (non-hydrogen) atoms. The van der Waals surface area contributed by atoms with Gasteiger partial charge in [-0.25, -0.2) is 0 Å². The number of esters is 2. The fourth-order valence-corrected chi connectivity index (χ4v) is 3.42. The number of carbonyl (C=O) groups excluding carboxylic acids is 2. The first-order valence-corrected chi connectivity index (χ1v) is 6.86. The predicted octanol–water partition coefficient (Wildman–Crippen LogP) is 1.64. The van der Waals surface area contributed by atoms with Crippen LogP contribution in [0.3, 0.4) is 0 Å². The SMILES string of the molecule is CC1OC(=O)[C@@H]2[C@H]1[C@H]1CC[C@]2(OC(=O)C(C)(C)C)O1. The van der Waals surface area contributed by atoms with Crippen molar-refractivity contribution in [2.75, 3.05) is 0 Å². The quantitative estimate of drug-likeness (QED) is 0.677.